The van der Waals surface area contributed by atoms with Crippen LogP contribution in [-0.4, -0.2) is 93.9 Å². The van der Waals surface area contributed by atoms with Gasteiger partial charge >= 0.3 is 0 Å². The minimum absolute atomic E-state index is 0.00890. The second-order valence-corrected chi connectivity index (χ2v) is 18.8. The van der Waals surface area contributed by atoms with E-state index in [1.807, 2.05) is 55.5 Å². The van der Waals surface area contributed by atoms with Crippen molar-refractivity contribution in [2.75, 3.05) is 70.1 Å². The van der Waals surface area contributed by atoms with Crippen LogP contribution in [0, 0.1) is 15.5 Å². The molecule has 316 valence electrons. The highest BCUT2D eigenvalue weighted by molar-refractivity contribution is 7.90. The molecule has 2 aliphatic rings. The quantitative estimate of drug-likeness (QED) is 0.0529. The molecule has 1 fully saturated rings. The van der Waals surface area contributed by atoms with Gasteiger partial charge in [-0.25, -0.2) is 13.1 Å². The van der Waals surface area contributed by atoms with E-state index in [0.29, 0.717) is 12.3 Å². The van der Waals surface area contributed by atoms with Crippen LogP contribution in [0.3, 0.4) is 0 Å². The Bertz CT molecular complexity index is 2510. The number of ether oxygens (including phenoxy) is 1. The predicted molar refractivity (Wildman–Crippen MR) is 239 cm³/mol. The summed E-state index contributed by atoms with van der Waals surface area (Å²) in [5.41, 5.74) is 5.87. The third-order valence-corrected chi connectivity index (χ3v) is 12.9. The fourth-order valence-corrected chi connectivity index (χ4v) is 9.14. The molecule has 0 atom stereocenters. The first-order valence-corrected chi connectivity index (χ1v) is 22.1. The first kappa shape index (κ1) is 42.7. The molecular formula is C45H52ClN7O6S. The number of hydrogen-bond acceptors (Lipinski definition) is 10. The summed E-state index contributed by atoms with van der Waals surface area (Å²) < 4.78 is 35.7. The van der Waals surface area contributed by atoms with Crippen molar-refractivity contribution in [3.63, 3.8) is 0 Å². The largest absolute Gasteiger partial charge is 0.456 e. The molecule has 0 radical (unpaired) electrons. The molecule has 15 heteroatoms. The molecule has 0 saturated carbocycles. The number of carbonyl (C=O) groups excluding carboxylic acids is 1. The van der Waals surface area contributed by atoms with E-state index in [-0.39, 0.29) is 22.4 Å². The number of benzene rings is 4. The monoisotopic (exact) mass is 853 g/mol. The molecule has 0 bridgehead atoms. The number of nitro groups is 1. The summed E-state index contributed by atoms with van der Waals surface area (Å²) in [6.45, 7) is 9.93. The fourth-order valence-electron chi connectivity index (χ4n) is 8.03. The Kier molecular flexibility index (Phi) is 12.9. The molecule has 4 aromatic carbocycles. The molecule has 0 spiro atoms. The van der Waals surface area contributed by atoms with E-state index in [4.69, 9.17) is 16.3 Å². The highest BCUT2D eigenvalue weighted by Gasteiger charge is 2.30. The zero-order valence-electron chi connectivity index (χ0n) is 34.5. The van der Waals surface area contributed by atoms with Gasteiger partial charge in [0, 0.05) is 79.2 Å². The number of halogens is 1. The van der Waals surface area contributed by atoms with E-state index in [1.165, 1.54) is 28.8 Å². The first-order valence-electron chi connectivity index (χ1n) is 20.2. The van der Waals surface area contributed by atoms with Crippen LogP contribution >= 0.6 is 11.6 Å². The van der Waals surface area contributed by atoms with Gasteiger partial charge in [0.15, 0.2) is 0 Å². The molecule has 5 aromatic rings. The first-order chi connectivity index (χ1) is 28.6. The van der Waals surface area contributed by atoms with Crippen LogP contribution in [0.5, 0.6) is 11.5 Å². The van der Waals surface area contributed by atoms with E-state index in [2.05, 4.69) is 50.8 Å². The number of hydrogen-bond donors (Lipinski definition) is 3. The third-order valence-electron chi connectivity index (χ3n) is 11.3. The summed E-state index contributed by atoms with van der Waals surface area (Å²) >= 11 is 6.23. The Balaban J connectivity index is 1.10. The van der Waals surface area contributed by atoms with Crippen molar-refractivity contribution < 1.29 is 22.9 Å². The molecule has 1 amide bonds. The number of piperazine rings is 1. The molecule has 1 aromatic heterocycles. The molecule has 0 unspecified atom stereocenters. The number of carbonyl (C=O) groups is 1. The zero-order valence-corrected chi connectivity index (χ0v) is 36.0. The molecule has 1 saturated heterocycles. The lowest BCUT2D eigenvalue weighted by Gasteiger charge is -2.39. The average molecular weight is 854 g/mol. The normalized spacial score (nSPS) is 16.0. The number of aromatic amines is 1. The number of amides is 1. The molecule has 13 nitrogen and oxygen atoms in total. The summed E-state index contributed by atoms with van der Waals surface area (Å²) in [4.78, 5) is 34.7. The number of anilines is 2. The fraction of sp³-hybridized carbons (Fsp3) is 0.356. The number of sulfonamides is 1. The third kappa shape index (κ3) is 10.3. The number of aromatic nitrogens is 1. The molecule has 60 heavy (non-hydrogen) atoms. The van der Waals surface area contributed by atoms with Crippen LogP contribution in [0.1, 0.15) is 55.5 Å². The maximum atomic E-state index is 13.9. The number of nitrogens with one attached hydrogen (secondary N) is 3. The van der Waals surface area contributed by atoms with Crippen LogP contribution in [0.2, 0.25) is 5.02 Å². The predicted octanol–water partition coefficient (Wildman–Crippen LogP) is 8.79. The van der Waals surface area contributed by atoms with Crippen LogP contribution in [-0.2, 0) is 10.0 Å². The van der Waals surface area contributed by atoms with E-state index in [9.17, 15) is 23.3 Å². The van der Waals surface area contributed by atoms with Crippen molar-refractivity contribution >= 4 is 61.1 Å². The molecule has 1 aliphatic heterocycles. The Morgan fingerprint density at radius 1 is 0.983 bits per heavy atom. The lowest BCUT2D eigenvalue weighted by molar-refractivity contribution is -0.384. The van der Waals surface area contributed by atoms with E-state index in [1.54, 1.807) is 24.3 Å². The highest BCUT2D eigenvalue weighted by Crippen LogP contribution is 2.43. The van der Waals surface area contributed by atoms with Crippen molar-refractivity contribution in [2.24, 2.45) is 5.41 Å². The highest BCUT2D eigenvalue weighted by atomic mass is 35.5. The summed E-state index contributed by atoms with van der Waals surface area (Å²) in [5.74, 6) is -0.300. The van der Waals surface area contributed by atoms with Gasteiger partial charge in [-0.15, -0.1) is 0 Å². The maximum Gasteiger partial charge on any atom is 0.293 e. The van der Waals surface area contributed by atoms with Crippen molar-refractivity contribution in [3.05, 3.63) is 123 Å². The number of fused-ring (bicyclic) bond motifs is 1. The number of nitrogens with zero attached hydrogens (tertiary/aromatic N) is 4. The summed E-state index contributed by atoms with van der Waals surface area (Å²) in [6.07, 6.45) is 5.75. The Hall–Kier alpha value is -5.41. The van der Waals surface area contributed by atoms with Gasteiger partial charge in [-0.1, -0.05) is 43.2 Å². The lowest BCUT2D eigenvalue weighted by atomic mass is 9.73. The summed E-state index contributed by atoms with van der Waals surface area (Å²) in [5, 5.41) is 16.6. The summed E-state index contributed by atoms with van der Waals surface area (Å²) in [6, 6.07) is 24.2. The molecular weight excluding hydrogens is 802 g/mol. The van der Waals surface area contributed by atoms with Crippen LogP contribution in [0.4, 0.5) is 17.1 Å². The van der Waals surface area contributed by atoms with Crippen LogP contribution < -0.4 is 19.7 Å². The Morgan fingerprint density at radius 2 is 1.75 bits per heavy atom. The number of H-pyrrole nitrogens is 1. The minimum atomic E-state index is -4.53. The standard InChI is InChI=1S/C45H52ClN7O6S/c1-45(2)18-16-38(31-6-8-34(46)9-7-31)33(29-45)30-51-22-24-52(25-23-51)35-10-13-39(43(27-35)59-36-11-14-40-32(26-36)17-20-48-40)44(54)49-60(57,58)37-12-15-41(42(28-37)53(55)56)47-19-5-21-50(3)4/h6-15,17,20,26-28,47-48H,5,16,18-19,21-25,29-30H2,1-4H3,(H,49,54). The summed E-state index contributed by atoms with van der Waals surface area (Å²) in [7, 11) is -0.670. The van der Waals surface area contributed by atoms with Crippen molar-refractivity contribution in [1.29, 1.82) is 0 Å². The zero-order chi connectivity index (χ0) is 42.6. The van der Waals surface area contributed by atoms with Gasteiger partial charge < -0.3 is 24.8 Å². The maximum absolute atomic E-state index is 13.9. The number of rotatable bonds is 15. The van der Waals surface area contributed by atoms with Gasteiger partial charge in [0.1, 0.15) is 17.2 Å². The van der Waals surface area contributed by atoms with Crippen molar-refractivity contribution in [3.8, 4) is 11.5 Å². The number of nitro benzene ring substituents is 1. The van der Waals surface area contributed by atoms with Gasteiger partial charge in [-0.2, -0.15) is 0 Å². The smallest absolute Gasteiger partial charge is 0.293 e. The Labute approximate surface area is 356 Å². The molecule has 3 N–H and O–H groups in total. The molecule has 7 rings (SSSR count). The topological polar surface area (TPSA) is 153 Å². The van der Waals surface area contributed by atoms with Gasteiger partial charge in [-0.05, 0) is 124 Å². The Morgan fingerprint density at radius 3 is 2.48 bits per heavy atom. The van der Waals surface area contributed by atoms with Crippen LogP contribution in [0.15, 0.2) is 102 Å². The number of allylic oxidation sites excluding steroid dienone is 1. The minimum Gasteiger partial charge on any atom is -0.456 e. The van der Waals surface area contributed by atoms with Crippen LogP contribution in [0.25, 0.3) is 16.5 Å². The van der Waals surface area contributed by atoms with Crippen molar-refractivity contribution in [2.45, 2.75) is 44.4 Å². The second kappa shape index (κ2) is 18.1. The van der Waals surface area contributed by atoms with Crippen molar-refractivity contribution in [1.82, 2.24) is 19.5 Å². The van der Waals surface area contributed by atoms with E-state index < -0.39 is 31.4 Å². The van der Waals surface area contributed by atoms with E-state index in [0.717, 1.165) is 92.6 Å². The van der Waals surface area contributed by atoms with Gasteiger partial charge in [0.05, 0.1) is 15.4 Å². The molecule has 1 aliphatic carbocycles. The second-order valence-electron chi connectivity index (χ2n) is 16.7. The van der Waals surface area contributed by atoms with E-state index >= 15 is 0 Å². The van der Waals surface area contributed by atoms with Gasteiger partial charge in [0.2, 0.25) is 0 Å². The molecule has 2 heterocycles. The van der Waals surface area contributed by atoms with Gasteiger partial charge in [-0.3, -0.25) is 19.8 Å². The lowest BCUT2D eigenvalue weighted by Crippen LogP contribution is -2.47. The average Bonchev–Trinajstić information content (AvgIpc) is 3.68. The van der Waals surface area contributed by atoms with Gasteiger partial charge in [0.25, 0.3) is 21.6 Å². The SMILES string of the molecule is CN(C)CCCNc1ccc(S(=O)(=O)NC(=O)c2ccc(N3CCN(CC4=C(c5ccc(Cl)cc5)CCC(C)(C)C4)CC3)cc2Oc2ccc3[nH]ccc3c2)cc1[N+](=O)[O-].